The van der Waals surface area contributed by atoms with Crippen LogP contribution in [0.4, 0.5) is 5.69 Å². The number of nitrogens with one attached hydrogen (secondary N) is 2. The summed E-state index contributed by atoms with van der Waals surface area (Å²) >= 11 is 5.02. The maximum absolute atomic E-state index is 12.4. The van der Waals surface area contributed by atoms with Crippen LogP contribution in [0.5, 0.6) is 0 Å². The topological polar surface area (TPSA) is 59.6 Å². The largest absolute Gasteiger partial charge is 0.366 e. The van der Waals surface area contributed by atoms with Gasteiger partial charge in [-0.3, -0.25) is 4.57 Å². The molecule has 7 heteroatoms. The molecule has 0 aliphatic rings. The van der Waals surface area contributed by atoms with Gasteiger partial charge in [-0.25, -0.2) is 0 Å². The standard InChI is InChI=1S/C13H21N2O3PS/c1-4-17-19(16,18-5-2)10-11-6-8-12(9-7-11)15-13(20)14-3/h6-9H,4-5,10H2,1-3H3,(H2,14,15,20). The van der Waals surface area contributed by atoms with Gasteiger partial charge in [-0.05, 0) is 43.8 Å². The number of hydrogen-bond donors (Lipinski definition) is 2. The maximum Gasteiger partial charge on any atom is 0.335 e. The molecular formula is C13H21N2O3PS. The monoisotopic (exact) mass is 316 g/mol. The Kier molecular flexibility index (Phi) is 7.16. The summed E-state index contributed by atoms with van der Waals surface area (Å²) in [5, 5.41) is 6.40. The Labute approximate surface area is 125 Å². The van der Waals surface area contributed by atoms with E-state index >= 15 is 0 Å². The fourth-order valence-corrected chi connectivity index (χ4v) is 3.45. The molecule has 2 N–H and O–H groups in total. The van der Waals surface area contributed by atoms with Gasteiger partial charge in [0.05, 0.1) is 19.4 Å². The molecule has 0 atom stereocenters. The van der Waals surface area contributed by atoms with E-state index in [1.807, 2.05) is 24.3 Å². The number of benzene rings is 1. The van der Waals surface area contributed by atoms with Crippen molar-refractivity contribution in [2.24, 2.45) is 0 Å². The van der Waals surface area contributed by atoms with Gasteiger partial charge >= 0.3 is 7.60 Å². The second-order valence-corrected chi connectivity index (χ2v) is 6.47. The molecule has 0 aliphatic heterocycles. The van der Waals surface area contributed by atoms with Crippen LogP contribution in [-0.2, 0) is 19.8 Å². The van der Waals surface area contributed by atoms with Crippen molar-refractivity contribution in [3.8, 4) is 0 Å². The van der Waals surface area contributed by atoms with Crippen LogP contribution in [0, 0.1) is 0 Å². The lowest BCUT2D eigenvalue weighted by molar-refractivity contribution is 0.219. The van der Waals surface area contributed by atoms with Crippen LogP contribution in [0.3, 0.4) is 0 Å². The Hall–Kier alpha value is -0.940. The van der Waals surface area contributed by atoms with E-state index in [9.17, 15) is 4.57 Å². The lowest BCUT2D eigenvalue weighted by atomic mass is 10.2. The zero-order valence-electron chi connectivity index (χ0n) is 12.0. The number of anilines is 1. The molecule has 20 heavy (non-hydrogen) atoms. The lowest BCUT2D eigenvalue weighted by Crippen LogP contribution is -2.23. The van der Waals surface area contributed by atoms with Crippen molar-refractivity contribution in [1.29, 1.82) is 0 Å². The first-order chi connectivity index (χ1) is 9.53. The van der Waals surface area contributed by atoms with Gasteiger partial charge in [0.2, 0.25) is 0 Å². The molecule has 1 rings (SSSR count). The maximum atomic E-state index is 12.4. The van der Waals surface area contributed by atoms with E-state index in [0.29, 0.717) is 18.3 Å². The molecule has 1 aromatic rings. The molecule has 0 fully saturated rings. The predicted octanol–water partition coefficient (Wildman–Crippen LogP) is 3.37. The van der Waals surface area contributed by atoms with Gasteiger partial charge < -0.3 is 19.7 Å². The second kappa shape index (κ2) is 8.37. The van der Waals surface area contributed by atoms with E-state index in [4.69, 9.17) is 21.3 Å². The van der Waals surface area contributed by atoms with Crippen molar-refractivity contribution in [3.05, 3.63) is 29.8 Å². The Bertz CT molecular complexity index is 469. The number of hydrogen-bond acceptors (Lipinski definition) is 4. The SMILES string of the molecule is CCOP(=O)(Cc1ccc(NC(=S)NC)cc1)OCC. The average molecular weight is 316 g/mol. The van der Waals surface area contributed by atoms with Crippen LogP contribution in [0.1, 0.15) is 19.4 Å². The van der Waals surface area contributed by atoms with Crippen LogP contribution in [0.25, 0.3) is 0 Å². The highest BCUT2D eigenvalue weighted by atomic mass is 32.1. The molecular weight excluding hydrogens is 295 g/mol. The van der Waals surface area contributed by atoms with Crippen LogP contribution < -0.4 is 10.6 Å². The molecule has 0 aliphatic carbocycles. The smallest absolute Gasteiger partial charge is 0.335 e. The summed E-state index contributed by atoms with van der Waals surface area (Å²) in [6.45, 7) is 4.34. The molecule has 0 amide bonds. The summed E-state index contributed by atoms with van der Waals surface area (Å²) in [4.78, 5) is 0. The third kappa shape index (κ3) is 5.59. The molecule has 0 saturated carbocycles. The van der Waals surface area contributed by atoms with E-state index in [0.717, 1.165) is 11.3 Å². The number of thiocarbonyl (C=S) groups is 1. The Morgan fingerprint density at radius 2 is 1.75 bits per heavy atom. The van der Waals surface area contributed by atoms with Crippen LogP contribution in [-0.4, -0.2) is 25.4 Å². The Morgan fingerprint density at radius 1 is 1.20 bits per heavy atom. The number of rotatable bonds is 7. The first kappa shape index (κ1) is 17.1. The van der Waals surface area contributed by atoms with Crippen molar-refractivity contribution in [2.75, 3.05) is 25.6 Å². The summed E-state index contributed by atoms with van der Waals surface area (Å²) in [5.74, 6) is 0. The van der Waals surface area contributed by atoms with E-state index in [2.05, 4.69) is 10.6 Å². The molecule has 0 aromatic heterocycles. The zero-order valence-corrected chi connectivity index (χ0v) is 13.7. The fourth-order valence-electron chi connectivity index (χ4n) is 1.63. The first-order valence-corrected chi connectivity index (χ1v) is 8.62. The minimum Gasteiger partial charge on any atom is -0.366 e. The van der Waals surface area contributed by atoms with Crippen molar-refractivity contribution >= 4 is 30.6 Å². The molecule has 0 bridgehead atoms. The minimum atomic E-state index is -3.05. The van der Waals surface area contributed by atoms with E-state index in [1.165, 1.54) is 0 Å². The molecule has 0 radical (unpaired) electrons. The normalized spacial score (nSPS) is 11.2. The van der Waals surface area contributed by atoms with Crippen LogP contribution >= 0.6 is 19.8 Å². The fraction of sp³-hybridized carbons (Fsp3) is 0.462. The highest BCUT2D eigenvalue weighted by Gasteiger charge is 2.23. The summed E-state index contributed by atoms with van der Waals surface area (Å²) < 4.78 is 22.9. The van der Waals surface area contributed by atoms with E-state index in [-0.39, 0.29) is 6.16 Å². The van der Waals surface area contributed by atoms with Gasteiger partial charge in [0, 0.05) is 12.7 Å². The minimum absolute atomic E-state index is 0.269. The highest BCUT2D eigenvalue weighted by molar-refractivity contribution is 7.80. The van der Waals surface area contributed by atoms with Crippen molar-refractivity contribution in [1.82, 2.24) is 5.32 Å². The second-order valence-electron chi connectivity index (χ2n) is 4.01. The third-order valence-corrected chi connectivity index (χ3v) is 4.83. The lowest BCUT2D eigenvalue weighted by Gasteiger charge is -2.17. The summed E-state index contributed by atoms with van der Waals surface area (Å²) in [5.41, 5.74) is 1.77. The predicted molar refractivity (Wildman–Crippen MR) is 86.3 cm³/mol. The summed E-state index contributed by atoms with van der Waals surface area (Å²) in [7, 11) is -1.29. The third-order valence-electron chi connectivity index (χ3n) is 2.47. The van der Waals surface area contributed by atoms with Gasteiger partial charge in [0.1, 0.15) is 0 Å². The van der Waals surface area contributed by atoms with Crippen molar-refractivity contribution in [2.45, 2.75) is 20.0 Å². The Morgan fingerprint density at radius 3 is 2.20 bits per heavy atom. The molecule has 1 aromatic carbocycles. The Balaban J connectivity index is 2.72. The average Bonchev–Trinajstić information content (AvgIpc) is 2.41. The summed E-state index contributed by atoms with van der Waals surface area (Å²) in [6.07, 6.45) is 0.269. The van der Waals surface area contributed by atoms with Crippen LogP contribution in [0.2, 0.25) is 0 Å². The summed E-state index contributed by atoms with van der Waals surface area (Å²) in [6, 6.07) is 7.51. The zero-order chi connectivity index (χ0) is 15.0. The molecule has 112 valence electrons. The highest BCUT2D eigenvalue weighted by Crippen LogP contribution is 2.51. The van der Waals surface area contributed by atoms with E-state index in [1.54, 1.807) is 20.9 Å². The quantitative estimate of drug-likeness (QED) is 0.594. The molecule has 0 spiro atoms. The molecule has 0 heterocycles. The van der Waals surface area contributed by atoms with Crippen LogP contribution in [0.15, 0.2) is 24.3 Å². The first-order valence-electron chi connectivity index (χ1n) is 6.48. The van der Waals surface area contributed by atoms with Gasteiger partial charge in [-0.15, -0.1) is 0 Å². The molecule has 0 saturated heterocycles. The van der Waals surface area contributed by atoms with Gasteiger partial charge in [-0.2, -0.15) is 0 Å². The van der Waals surface area contributed by atoms with Gasteiger partial charge in [-0.1, -0.05) is 12.1 Å². The molecule has 5 nitrogen and oxygen atoms in total. The van der Waals surface area contributed by atoms with Gasteiger partial charge in [0.25, 0.3) is 0 Å². The van der Waals surface area contributed by atoms with Gasteiger partial charge in [0.15, 0.2) is 5.11 Å². The molecule has 0 unspecified atom stereocenters. The van der Waals surface area contributed by atoms with Crippen molar-refractivity contribution in [3.63, 3.8) is 0 Å². The van der Waals surface area contributed by atoms with E-state index < -0.39 is 7.60 Å². The van der Waals surface area contributed by atoms with Crippen molar-refractivity contribution < 1.29 is 13.6 Å².